The molecular formula is C22H26N4O4S. The van der Waals surface area contributed by atoms with Gasteiger partial charge in [-0.1, -0.05) is 17.8 Å². The van der Waals surface area contributed by atoms with E-state index in [1.165, 1.54) is 11.8 Å². The number of rotatable bonds is 9. The maximum Gasteiger partial charge on any atom is 0.234 e. The minimum atomic E-state index is -0.176. The second kappa shape index (κ2) is 10.2. The van der Waals surface area contributed by atoms with Crippen LogP contribution in [0.2, 0.25) is 0 Å². The number of amides is 1. The highest BCUT2D eigenvalue weighted by Crippen LogP contribution is 2.29. The predicted octanol–water partition coefficient (Wildman–Crippen LogP) is 3.76. The average molecular weight is 443 g/mol. The van der Waals surface area contributed by atoms with Gasteiger partial charge in [0.15, 0.2) is 11.0 Å². The van der Waals surface area contributed by atoms with Gasteiger partial charge in [0.2, 0.25) is 5.91 Å². The number of thioether (sulfide) groups is 1. The van der Waals surface area contributed by atoms with E-state index in [0.29, 0.717) is 34.8 Å². The van der Waals surface area contributed by atoms with Crippen molar-refractivity contribution >= 4 is 23.4 Å². The lowest BCUT2D eigenvalue weighted by Gasteiger charge is -2.11. The molecule has 3 rings (SSSR count). The molecule has 0 aliphatic carbocycles. The number of hydrogen-bond donors (Lipinski definition) is 1. The highest BCUT2D eigenvalue weighted by Gasteiger charge is 2.14. The summed E-state index contributed by atoms with van der Waals surface area (Å²) in [4.78, 5) is 12.4. The van der Waals surface area contributed by atoms with Crippen LogP contribution < -0.4 is 19.5 Å². The van der Waals surface area contributed by atoms with Gasteiger partial charge < -0.3 is 24.1 Å². The smallest absolute Gasteiger partial charge is 0.234 e. The van der Waals surface area contributed by atoms with Gasteiger partial charge >= 0.3 is 0 Å². The summed E-state index contributed by atoms with van der Waals surface area (Å²) in [5.74, 6) is 2.66. The van der Waals surface area contributed by atoms with Crippen molar-refractivity contribution in [2.24, 2.45) is 7.05 Å². The molecule has 8 nitrogen and oxygen atoms in total. The molecule has 2 aromatic carbocycles. The quantitative estimate of drug-likeness (QED) is 0.505. The first-order valence-electron chi connectivity index (χ1n) is 9.63. The number of anilines is 1. The molecule has 0 fully saturated rings. The summed E-state index contributed by atoms with van der Waals surface area (Å²) in [5.41, 5.74) is 2.86. The van der Waals surface area contributed by atoms with Crippen LogP contribution in [0.1, 0.15) is 17.0 Å². The summed E-state index contributed by atoms with van der Waals surface area (Å²) in [6, 6.07) is 11.3. The van der Waals surface area contributed by atoms with Crippen LogP contribution in [0.4, 0.5) is 5.69 Å². The summed E-state index contributed by atoms with van der Waals surface area (Å²) in [5, 5.41) is 11.8. The van der Waals surface area contributed by atoms with Crippen LogP contribution in [-0.4, -0.2) is 40.6 Å². The van der Waals surface area contributed by atoms with Crippen molar-refractivity contribution in [3.63, 3.8) is 0 Å². The molecular weight excluding hydrogens is 416 g/mol. The number of aryl methyl sites for hydroxylation is 2. The molecule has 1 heterocycles. The largest absolute Gasteiger partial charge is 0.497 e. The molecule has 3 aromatic rings. The van der Waals surface area contributed by atoms with Crippen molar-refractivity contribution in [2.45, 2.75) is 25.6 Å². The van der Waals surface area contributed by atoms with Crippen LogP contribution in [0.5, 0.6) is 17.2 Å². The molecule has 0 saturated carbocycles. The van der Waals surface area contributed by atoms with E-state index in [1.54, 1.807) is 32.4 Å². The molecule has 164 valence electrons. The molecule has 0 aliphatic heterocycles. The third kappa shape index (κ3) is 5.91. The first-order valence-corrected chi connectivity index (χ1v) is 10.6. The zero-order valence-electron chi connectivity index (χ0n) is 18.3. The maximum absolute atomic E-state index is 12.4. The molecule has 31 heavy (non-hydrogen) atoms. The standard InChI is InChI=1S/C22H26N4O4S/c1-14-8-15(2)10-17(9-14)30-12-20-24-25-22(26(20)3)31-13-21(27)23-18-7-6-16(28-4)11-19(18)29-5/h6-11H,12-13H2,1-5H3,(H,23,27). The third-order valence-corrected chi connectivity index (χ3v) is 5.52. The van der Waals surface area contributed by atoms with Crippen molar-refractivity contribution in [3.8, 4) is 17.2 Å². The number of nitrogens with zero attached hydrogens (tertiary/aromatic N) is 3. The Balaban J connectivity index is 1.56. The summed E-state index contributed by atoms with van der Waals surface area (Å²) in [6.07, 6.45) is 0. The van der Waals surface area contributed by atoms with Crippen molar-refractivity contribution in [1.82, 2.24) is 14.8 Å². The lowest BCUT2D eigenvalue weighted by atomic mass is 10.1. The van der Waals surface area contributed by atoms with E-state index in [2.05, 4.69) is 21.6 Å². The summed E-state index contributed by atoms with van der Waals surface area (Å²) < 4.78 is 18.2. The zero-order valence-corrected chi connectivity index (χ0v) is 19.1. The number of hydrogen-bond acceptors (Lipinski definition) is 7. The minimum absolute atomic E-state index is 0.176. The lowest BCUT2D eigenvalue weighted by molar-refractivity contribution is -0.113. The summed E-state index contributed by atoms with van der Waals surface area (Å²) >= 11 is 1.30. The van der Waals surface area contributed by atoms with E-state index < -0.39 is 0 Å². The normalized spacial score (nSPS) is 10.6. The number of aromatic nitrogens is 3. The first kappa shape index (κ1) is 22.5. The van der Waals surface area contributed by atoms with Crippen molar-refractivity contribution in [3.05, 3.63) is 53.3 Å². The Bertz CT molecular complexity index is 1050. The van der Waals surface area contributed by atoms with Gasteiger partial charge in [-0.3, -0.25) is 4.79 Å². The minimum Gasteiger partial charge on any atom is -0.497 e. The number of nitrogens with one attached hydrogen (secondary N) is 1. The third-order valence-electron chi connectivity index (χ3n) is 4.50. The lowest BCUT2D eigenvalue weighted by Crippen LogP contribution is -2.15. The molecule has 0 atom stereocenters. The van der Waals surface area contributed by atoms with Crippen molar-refractivity contribution in [1.29, 1.82) is 0 Å². The van der Waals surface area contributed by atoms with Gasteiger partial charge in [0.25, 0.3) is 0 Å². The number of carbonyl (C=O) groups excluding carboxylic acids is 1. The van der Waals surface area contributed by atoms with Crippen LogP contribution in [0.3, 0.4) is 0 Å². The molecule has 0 aliphatic rings. The number of ether oxygens (including phenoxy) is 3. The summed E-state index contributed by atoms with van der Waals surface area (Å²) in [7, 11) is 4.97. The van der Waals surface area contributed by atoms with Gasteiger partial charge in [0, 0.05) is 13.1 Å². The fourth-order valence-corrected chi connectivity index (χ4v) is 3.71. The molecule has 0 radical (unpaired) electrons. The van der Waals surface area contributed by atoms with Crippen LogP contribution in [0.15, 0.2) is 41.6 Å². The van der Waals surface area contributed by atoms with Gasteiger partial charge in [0.1, 0.15) is 23.9 Å². The Hall–Kier alpha value is -3.20. The van der Waals surface area contributed by atoms with Crippen LogP contribution in [0.25, 0.3) is 0 Å². The highest BCUT2D eigenvalue weighted by atomic mass is 32.2. The predicted molar refractivity (Wildman–Crippen MR) is 120 cm³/mol. The van der Waals surface area contributed by atoms with E-state index in [9.17, 15) is 4.79 Å². The number of carbonyl (C=O) groups is 1. The van der Waals surface area contributed by atoms with E-state index in [0.717, 1.165) is 16.9 Å². The van der Waals surface area contributed by atoms with Gasteiger partial charge in [-0.2, -0.15) is 0 Å². The topological polar surface area (TPSA) is 87.5 Å². The van der Waals surface area contributed by atoms with Gasteiger partial charge in [0.05, 0.1) is 25.7 Å². The van der Waals surface area contributed by atoms with E-state index in [1.807, 2.05) is 37.6 Å². The zero-order chi connectivity index (χ0) is 22.4. The fraction of sp³-hybridized carbons (Fsp3) is 0.318. The van der Waals surface area contributed by atoms with Crippen LogP contribution in [-0.2, 0) is 18.4 Å². The average Bonchev–Trinajstić information content (AvgIpc) is 3.09. The Morgan fingerprint density at radius 2 is 1.77 bits per heavy atom. The number of methoxy groups -OCH3 is 2. The molecule has 9 heteroatoms. The van der Waals surface area contributed by atoms with Crippen molar-refractivity contribution in [2.75, 3.05) is 25.3 Å². The SMILES string of the molecule is COc1ccc(NC(=O)CSc2nnc(COc3cc(C)cc(C)c3)n2C)c(OC)c1. The maximum atomic E-state index is 12.4. The molecule has 1 aromatic heterocycles. The molecule has 0 saturated heterocycles. The Kier molecular flexibility index (Phi) is 7.41. The Morgan fingerprint density at radius 3 is 2.45 bits per heavy atom. The Labute approximate surface area is 185 Å². The Morgan fingerprint density at radius 1 is 1.03 bits per heavy atom. The highest BCUT2D eigenvalue weighted by molar-refractivity contribution is 7.99. The van der Waals surface area contributed by atoms with Crippen molar-refractivity contribution < 1.29 is 19.0 Å². The molecule has 1 amide bonds. The van der Waals surface area contributed by atoms with Gasteiger partial charge in [-0.15, -0.1) is 10.2 Å². The fourth-order valence-electron chi connectivity index (χ4n) is 2.98. The first-order chi connectivity index (χ1) is 14.9. The molecule has 1 N–H and O–H groups in total. The second-order valence-electron chi connectivity index (χ2n) is 6.97. The van der Waals surface area contributed by atoms with E-state index in [-0.39, 0.29) is 11.7 Å². The van der Waals surface area contributed by atoms with Crippen LogP contribution >= 0.6 is 11.8 Å². The second-order valence-corrected chi connectivity index (χ2v) is 7.92. The van der Waals surface area contributed by atoms with Gasteiger partial charge in [-0.05, 0) is 49.2 Å². The van der Waals surface area contributed by atoms with E-state index >= 15 is 0 Å². The summed E-state index contributed by atoms with van der Waals surface area (Å²) in [6.45, 7) is 4.36. The molecule has 0 spiro atoms. The molecule has 0 bridgehead atoms. The van der Waals surface area contributed by atoms with E-state index in [4.69, 9.17) is 14.2 Å². The van der Waals surface area contributed by atoms with Crippen LogP contribution in [0, 0.1) is 13.8 Å². The number of benzene rings is 2. The van der Waals surface area contributed by atoms with Gasteiger partial charge in [-0.25, -0.2) is 0 Å². The molecule has 0 unspecified atom stereocenters. The monoisotopic (exact) mass is 442 g/mol.